The van der Waals surface area contributed by atoms with E-state index in [1.165, 1.54) is 36.2 Å². The van der Waals surface area contributed by atoms with E-state index in [0.717, 1.165) is 0 Å². The van der Waals surface area contributed by atoms with Crippen molar-refractivity contribution in [1.82, 2.24) is 4.90 Å². The highest BCUT2D eigenvalue weighted by Gasteiger charge is 2.40. The van der Waals surface area contributed by atoms with Gasteiger partial charge in [-0.15, -0.1) is 0 Å². The minimum absolute atomic E-state index is 0.0441. The lowest BCUT2D eigenvalue weighted by atomic mass is 10.1. The Hall–Kier alpha value is -4.00. The van der Waals surface area contributed by atoms with Crippen LogP contribution in [-0.2, 0) is 20.9 Å². The van der Waals surface area contributed by atoms with Crippen LogP contribution < -0.4 is 14.4 Å². The summed E-state index contributed by atoms with van der Waals surface area (Å²) < 4.78 is 16.8. The molecule has 0 aliphatic carbocycles. The lowest BCUT2D eigenvalue weighted by molar-refractivity contribution is -0.384. The maximum Gasteiger partial charge on any atom is 0.325 e. The molecule has 0 spiro atoms. The van der Waals surface area contributed by atoms with E-state index in [1.807, 2.05) is 0 Å². The van der Waals surface area contributed by atoms with Crippen molar-refractivity contribution in [3.63, 3.8) is 0 Å². The SMILES string of the molecule is COC(=O)CN1C(=S)N(c2ccc(Cl)cc2)C(=O)/C1=C/c1cc(Br)c(OCc2cccc([N+](=O)[O-])c2)c(OC)c1. The van der Waals surface area contributed by atoms with Crippen LogP contribution in [-0.4, -0.2) is 47.6 Å². The number of rotatable bonds is 9. The maximum absolute atomic E-state index is 13.6. The fourth-order valence-corrected chi connectivity index (χ4v) is 4.93. The third-order valence-corrected chi connectivity index (χ3v) is 7.04. The molecule has 0 N–H and O–H groups in total. The van der Waals surface area contributed by atoms with Crippen LogP contribution in [0.3, 0.4) is 0 Å². The summed E-state index contributed by atoms with van der Waals surface area (Å²) in [6.45, 7) is -0.230. The number of hydrogen-bond acceptors (Lipinski definition) is 8. The second-order valence-corrected chi connectivity index (χ2v) is 10.00. The van der Waals surface area contributed by atoms with Crippen molar-refractivity contribution in [2.24, 2.45) is 0 Å². The molecule has 40 heavy (non-hydrogen) atoms. The van der Waals surface area contributed by atoms with Crippen LogP contribution in [0, 0.1) is 10.1 Å². The van der Waals surface area contributed by atoms with Crippen LogP contribution in [0.25, 0.3) is 6.08 Å². The number of carbonyl (C=O) groups is 2. The zero-order valence-electron chi connectivity index (χ0n) is 21.1. The average Bonchev–Trinajstić information content (AvgIpc) is 3.16. The van der Waals surface area contributed by atoms with Gasteiger partial charge in [-0.1, -0.05) is 23.7 Å². The van der Waals surface area contributed by atoms with Gasteiger partial charge in [-0.25, -0.2) is 0 Å². The van der Waals surface area contributed by atoms with Gasteiger partial charge in [-0.3, -0.25) is 24.6 Å². The van der Waals surface area contributed by atoms with E-state index in [0.29, 0.717) is 37.8 Å². The number of nitro groups is 1. The zero-order chi connectivity index (χ0) is 29.0. The van der Waals surface area contributed by atoms with Gasteiger partial charge in [0.25, 0.3) is 11.6 Å². The van der Waals surface area contributed by atoms with E-state index in [-0.39, 0.29) is 29.6 Å². The van der Waals surface area contributed by atoms with Gasteiger partial charge in [0.2, 0.25) is 0 Å². The second-order valence-electron chi connectivity index (χ2n) is 8.34. The van der Waals surface area contributed by atoms with Crippen molar-refractivity contribution < 1.29 is 28.7 Å². The van der Waals surface area contributed by atoms with E-state index >= 15 is 0 Å². The number of thiocarbonyl (C=S) groups is 1. The van der Waals surface area contributed by atoms with E-state index in [2.05, 4.69) is 15.9 Å². The van der Waals surface area contributed by atoms with Gasteiger partial charge in [-0.05, 0) is 81.7 Å². The summed E-state index contributed by atoms with van der Waals surface area (Å²) in [6, 6.07) is 16.0. The summed E-state index contributed by atoms with van der Waals surface area (Å²) in [5.41, 5.74) is 1.73. The van der Waals surface area contributed by atoms with Crippen molar-refractivity contribution in [1.29, 1.82) is 0 Å². The molecule has 0 aromatic heterocycles. The van der Waals surface area contributed by atoms with Crippen LogP contribution in [0.15, 0.2) is 70.8 Å². The number of halogens is 2. The quantitative estimate of drug-likeness (QED) is 0.0944. The van der Waals surface area contributed by atoms with Gasteiger partial charge in [0.15, 0.2) is 16.6 Å². The van der Waals surface area contributed by atoms with Crippen molar-refractivity contribution in [2.45, 2.75) is 6.61 Å². The van der Waals surface area contributed by atoms with Crippen molar-refractivity contribution in [3.05, 3.63) is 97.1 Å². The number of methoxy groups -OCH3 is 2. The Morgan fingerprint density at radius 2 is 1.88 bits per heavy atom. The van der Waals surface area contributed by atoms with Crippen LogP contribution in [0.5, 0.6) is 11.5 Å². The van der Waals surface area contributed by atoms with Gasteiger partial charge in [0.1, 0.15) is 18.8 Å². The molecule has 1 heterocycles. The molecular weight excluding hydrogens is 626 g/mol. The Morgan fingerprint density at radius 3 is 2.52 bits per heavy atom. The molecule has 1 aliphatic rings. The van der Waals surface area contributed by atoms with Gasteiger partial charge >= 0.3 is 5.97 Å². The molecule has 13 heteroatoms. The second kappa shape index (κ2) is 12.5. The zero-order valence-corrected chi connectivity index (χ0v) is 24.3. The van der Waals surface area contributed by atoms with E-state index in [1.54, 1.807) is 54.6 Å². The summed E-state index contributed by atoms with van der Waals surface area (Å²) in [7, 11) is 2.71. The molecule has 1 amide bonds. The van der Waals surface area contributed by atoms with E-state index in [4.69, 9.17) is 38.0 Å². The minimum Gasteiger partial charge on any atom is -0.493 e. The van der Waals surface area contributed by atoms with Crippen molar-refractivity contribution >= 4 is 74.2 Å². The van der Waals surface area contributed by atoms with Gasteiger partial charge in [0, 0.05) is 17.2 Å². The molecule has 0 atom stereocenters. The number of hydrogen-bond donors (Lipinski definition) is 0. The van der Waals surface area contributed by atoms with E-state index < -0.39 is 16.8 Å². The molecule has 0 unspecified atom stereocenters. The molecule has 0 saturated carbocycles. The summed E-state index contributed by atoms with van der Waals surface area (Å²) in [6.07, 6.45) is 1.57. The summed E-state index contributed by atoms with van der Waals surface area (Å²) in [5.74, 6) is -0.327. The fourth-order valence-electron chi connectivity index (χ4n) is 3.88. The fraction of sp³-hybridized carbons (Fsp3) is 0.148. The summed E-state index contributed by atoms with van der Waals surface area (Å²) >= 11 is 15.1. The molecule has 3 aromatic rings. The first kappa shape index (κ1) is 29.0. The number of esters is 1. The van der Waals surface area contributed by atoms with Gasteiger partial charge < -0.3 is 19.1 Å². The molecule has 206 valence electrons. The number of non-ortho nitro benzene ring substituents is 1. The number of anilines is 1. The first-order chi connectivity index (χ1) is 19.1. The molecule has 0 bridgehead atoms. The minimum atomic E-state index is -0.581. The topological polar surface area (TPSA) is 111 Å². The maximum atomic E-state index is 13.6. The molecule has 1 fully saturated rings. The average molecular weight is 647 g/mol. The third kappa shape index (κ3) is 6.24. The number of nitrogens with zero attached hydrogens (tertiary/aromatic N) is 3. The lowest BCUT2D eigenvalue weighted by Crippen LogP contribution is -2.35. The molecule has 0 radical (unpaired) electrons. The normalized spacial score (nSPS) is 14.1. The Kier molecular flexibility index (Phi) is 9.03. The number of ether oxygens (including phenoxy) is 3. The summed E-state index contributed by atoms with van der Waals surface area (Å²) in [5, 5.41) is 11.7. The predicted octanol–water partition coefficient (Wildman–Crippen LogP) is 5.75. The van der Waals surface area contributed by atoms with Crippen LogP contribution >= 0.6 is 39.7 Å². The first-order valence-electron chi connectivity index (χ1n) is 11.6. The van der Waals surface area contributed by atoms with Gasteiger partial charge in [0.05, 0.1) is 29.3 Å². The number of carbonyl (C=O) groups excluding carboxylic acids is 2. The Labute approximate surface area is 248 Å². The highest BCUT2D eigenvalue weighted by Crippen LogP contribution is 2.39. The monoisotopic (exact) mass is 645 g/mol. The highest BCUT2D eigenvalue weighted by atomic mass is 79.9. The standard InChI is InChI=1S/C27H21BrClN3O7S/c1-37-23-13-17(11-21(28)25(23)39-15-16-4-3-5-20(10-16)32(35)36)12-22-26(34)31(19-8-6-18(29)7-9-19)27(40)30(22)14-24(33)38-2/h3-13H,14-15H2,1-2H3/b22-12-. The lowest BCUT2D eigenvalue weighted by Gasteiger charge is -2.19. The number of benzene rings is 3. The molecule has 10 nitrogen and oxygen atoms in total. The van der Waals surface area contributed by atoms with Crippen LogP contribution in [0.1, 0.15) is 11.1 Å². The Morgan fingerprint density at radius 1 is 1.15 bits per heavy atom. The predicted molar refractivity (Wildman–Crippen MR) is 156 cm³/mol. The first-order valence-corrected chi connectivity index (χ1v) is 13.1. The van der Waals surface area contributed by atoms with Gasteiger partial charge in [-0.2, -0.15) is 0 Å². The largest absolute Gasteiger partial charge is 0.493 e. The molecule has 1 aliphatic heterocycles. The van der Waals surface area contributed by atoms with Crippen molar-refractivity contribution in [3.8, 4) is 11.5 Å². The Balaban J connectivity index is 1.67. The van der Waals surface area contributed by atoms with Crippen LogP contribution in [0.2, 0.25) is 5.02 Å². The van der Waals surface area contributed by atoms with Crippen LogP contribution in [0.4, 0.5) is 11.4 Å². The molecule has 1 saturated heterocycles. The number of amides is 1. The third-order valence-electron chi connectivity index (χ3n) is 5.79. The smallest absolute Gasteiger partial charge is 0.325 e. The molecule has 3 aromatic carbocycles. The highest BCUT2D eigenvalue weighted by molar-refractivity contribution is 9.10. The molecular formula is C27H21BrClN3O7S. The molecule has 4 rings (SSSR count). The van der Waals surface area contributed by atoms with Crippen molar-refractivity contribution in [2.75, 3.05) is 25.7 Å². The van der Waals surface area contributed by atoms with E-state index in [9.17, 15) is 19.7 Å². The summed E-state index contributed by atoms with van der Waals surface area (Å²) in [4.78, 5) is 39.0. The number of nitro benzene ring substituents is 1. The Bertz CT molecular complexity index is 1530.